The Kier molecular flexibility index (Phi) is 3.72. The normalized spacial score (nSPS) is 16.8. The number of rotatable bonds is 5. The molecule has 2 rings (SSSR count). The molecule has 1 aliphatic carbocycles. The maximum Gasteiger partial charge on any atom is 0.337 e. The van der Waals surface area contributed by atoms with E-state index in [1.807, 2.05) is 0 Å². The number of aliphatic hydroxyl groups excluding tert-OH is 1. The van der Waals surface area contributed by atoms with Crippen LogP contribution in [0.3, 0.4) is 0 Å². The van der Waals surface area contributed by atoms with Crippen LogP contribution in [0.4, 0.5) is 0 Å². The molecular weight excluding hydrogens is 236 g/mol. The minimum absolute atomic E-state index is 0.217. The van der Waals surface area contributed by atoms with Crippen molar-refractivity contribution >= 4 is 5.97 Å². The van der Waals surface area contributed by atoms with Crippen molar-refractivity contribution in [1.82, 2.24) is 0 Å². The number of hydrogen-bond acceptors (Lipinski definition) is 4. The van der Waals surface area contributed by atoms with Crippen molar-refractivity contribution < 1.29 is 24.5 Å². The predicted octanol–water partition coefficient (Wildman–Crippen LogP) is 1.74. The predicted molar refractivity (Wildman–Crippen MR) is 63.9 cm³/mol. The molecule has 1 aliphatic rings. The Bertz CT molecular complexity index is 439. The number of methoxy groups -OCH3 is 1. The number of hydrogen-bond donors (Lipinski definition) is 2. The van der Waals surface area contributed by atoms with Gasteiger partial charge in [-0.3, -0.25) is 0 Å². The number of ether oxygens (including phenoxy) is 2. The van der Waals surface area contributed by atoms with Gasteiger partial charge in [-0.25, -0.2) is 4.79 Å². The fourth-order valence-corrected chi connectivity index (χ4v) is 1.76. The minimum Gasteiger partial charge on any atom is -0.493 e. The third-order valence-electron chi connectivity index (χ3n) is 3.08. The Morgan fingerprint density at radius 1 is 1.39 bits per heavy atom. The number of carbonyl (C=O) groups is 1. The van der Waals surface area contributed by atoms with Gasteiger partial charge in [0.15, 0.2) is 17.6 Å². The summed E-state index contributed by atoms with van der Waals surface area (Å²) < 4.78 is 10.9. The second-order valence-corrected chi connectivity index (χ2v) is 4.32. The summed E-state index contributed by atoms with van der Waals surface area (Å²) in [5, 5.41) is 18.2. The van der Waals surface area contributed by atoms with Crippen LogP contribution < -0.4 is 9.47 Å². The summed E-state index contributed by atoms with van der Waals surface area (Å²) in [5.74, 6) is -0.257. The van der Waals surface area contributed by atoms with Crippen LogP contribution in [0, 0.1) is 0 Å². The van der Waals surface area contributed by atoms with Crippen molar-refractivity contribution in [3.63, 3.8) is 0 Å². The molecule has 0 spiro atoms. The van der Waals surface area contributed by atoms with Gasteiger partial charge in [0.1, 0.15) is 0 Å². The molecule has 1 aromatic carbocycles. The zero-order valence-corrected chi connectivity index (χ0v) is 10.1. The first-order valence-corrected chi connectivity index (χ1v) is 5.87. The zero-order chi connectivity index (χ0) is 13.1. The summed E-state index contributed by atoms with van der Waals surface area (Å²) in [4.78, 5) is 10.7. The van der Waals surface area contributed by atoms with E-state index in [0.29, 0.717) is 11.5 Å². The molecule has 0 radical (unpaired) electrons. The number of aliphatic carboxylic acids is 1. The summed E-state index contributed by atoms with van der Waals surface area (Å²) in [6.07, 6.45) is 1.90. The van der Waals surface area contributed by atoms with Gasteiger partial charge in [-0.2, -0.15) is 0 Å². The van der Waals surface area contributed by atoms with E-state index in [2.05, 4.69) is 0 Å². The third-order valence-corrected chi connectivity index (χ3v) is 3.08. The topological polar surface area (TPSA) is 76.0 Å². The lowest BCUT2D eigenvalue weighted by molar-refractivity contribution is -0.146. The number of benzene rings is 1. The van der Waals surface area contributed by atoms with Crippen LogP contribution in [0.1, 0.15) is 30.9 Å². The molecule has 0 aromatic heterocycles. The summed E-state index contributed by atoms with van der Waals surface area (Å²) >= 11 is 0. The molecule has 0 bridgehead atoms. The van der Waals surface area contributed by atoms with Gasteiger partial charge in [0, 0.05) is 0 Å². The fourth-order valence-electron chi connectivity index (χ4n) is 1.76. The van der Waals surface area contributed by atoms with Gasteiger partial charge in [0.25, 0.3) is 0 Å². The van der Waals surface area contributed by atoms with E-state index in [9.17, 15) is 9.90 Å². The van der Waals surface area contributed by atoms with E-state index < -0.39 is 12.1 Å². The first kappa shape index (κ1) is 12.7. The second-order valence-electron chi connectivity index (χ2n) is 4.32. The highest BCUT2D eigenvalue weighted by Crippen LogP contribution is 2.34. The number of carboxylic acid groups (broad SMARTS) is 1. The van der Waals surface area contributed by atoms with Gasteiger partial charge in [-0.15, -0.1) is 0 Å². The van der Waals surface area contributed by atoms with Gasteiger partial charge in [-0.05, 0) is 37.0 Å². The van der Waals surface area contributed by atoms with Gasteiger partial charge in [0.2, 0.25) is 0 Å². The van der Waals surface area contributed by atoms with E-state index >= 15 is 0 Å². The smallest absolute Gasteiger partial charge is 0.337 e. The average molecular weight is 252 g/mol. The van der Waals surface area contributed by atoms with Crippen molar-refractivity contribution in [1.29, 1.82) is 0 Å². The number of aliphatic hydroxyl groups is 1. The highest BCUT2D eigenvalue weighted by atomic mass is 16.5. The fraction of sp³-hybridized carbons (Fsp3) is 0.462. The highest BCUT2D eigenvalue weighted by molar-refractivity contribution is 5.74. The van der Waals surface area contributed by atoms with Crippen molar-refractivity contribution in [3.05, 3.63) is 23.8 Å². The first-order chi connectivity index (χ1) is 8.61. The van der Waals surface area contributed by atoms with Gasteiger partial charge in [-0.1, -0.05) is 6.07 Å². The van der Waals surface area contributed by atoms with Crippen molar-refractivity contribution in [2.45, 2.75) is 31.5 Å². The Labute approximate surface area is 105 Å². The maximum atomic E-state index is 10.7. The first-order valence-electron chi connectivity index (χ1n) is 5.87. The van der Waals surface area contributed by atoms with Crippen LogP contribution in [-0.2, 0) is 4.79 Å². The zero-order valence-electron chi connectivity index (χ0n) is 10.1. The Morgan fingerprint density at radius 3 is 2.61 bits per heavy atom. The van der Waals surface area contributed by atoms with Crippen LogP contribution >= 0.6 is 0 Å². The maximum absolute atomic E-state index is 10.7. The molecule has 2 N–H and O–H groups in total. The monoisotopic (exact) mass is 252 g/mol. The molecule has 5 heteroatoms. The summed E-state index contributed by atoms with van der Waals surface area (Å²) in [7, 11) is 1.49. The molecule has 0 saturated heterocycles. The summed E-state index contributed by atoms with van der Waals surface area (Å²) in [6, 6.07) is 4.67. The summed E-state index contributed by atoms with van der Waals surface area (Å²) in [5.41, 5.74) is 0.278. The lowest BCUT2D eigenvalue weighted by Crippen LogP contribution is -2.24. The van der Waals surface area contributed by atoms with Gasteiger partial charge < -0.3 is 19.7 Å². The minimum atomic E-state index is -1.54. The van der Waals surface area contributed by atoms with E-state index in [1.54, 1.807) is 6.07 Å². The van der Waals surface area contributed by atoms with Crippen molar-refractivity contribution in [3.8, 4) is 11.5 Å². The van der Waals surface area contributed by atoms with E-state index in [4.69, 9.17) is 14.6 Å². The SMILES string of the molecule is COc1cc(C(O)C(=O)O)ccc1OC1CCC1. The van der Waals surface area contributed by atoms with E-state index in [0.717, 1.165) is 12.8 Å². The Hall–Kier alpha value is -1.75. The highest BCUT2D eigenvalue weighted by Gasteiger charge is 2.22. The molecule has 18 heavy (non-hydrogen) atoms. The molecule has 0 heterocycles. The van der Waals surface area contributed by atoms with E-state index in [1.165, 1.54) is 25.7 Å². The quantitative estimate of drug-likeness (QED) is 0.834. The molecular formula is C13H16O5. The van der Waals surface area contributed by atoms with Crippen LogP contribution in [0.15, 0.2) is 18.2 Å². The summed E-state index contributed by atoms with van der Waals surface area (Å²) in [6.45, 7) is 0. The number of carboxylic acids is 1. The molecule has 0 amide bonds. The van der Waals surface area contributed by atoms with E-state index in [-0.39, 0.29) is 11.7 Å². The lowest BCUT2D eigenvalue weighted by atomic mass is 9.96. The van der Waals surface area contributed by atoms with Crippen LogP contribution in [0.2, 0.25) is 0 Å². The van der Waals surface area contributed by atoms with Crippen molar-refractivity contribution in [2.75, 3.05) is 7.11 Å². The average Bonchev–Trinajstić information content (AvgIpc) is 2.32. The third kappa shape index (κ3) is 2.56. The second kappa shape index (κ2) is 5.27. The molecule has 5 nitrogen and oxygen atoms in total. The van der Waals surface area contributed by atoms with Crippen LogP contribution in [0.25, 0.3) is 0 Å². The molecule has 1 unspecified atom stereocenters. The standard InChI is InChI=1S/C13H16O5/c1-17-11-7-8(12(14)13(15)16)5-6-10(11)18-9-3-2-4-9/h5-7,9,12,14H,2-4H2,1H3,(H,15,16). The molecule has 0 aliphatic heterocycles. The van der Waals surface area contributed by atoms with Crippen LogP contribution in [0.5, 0.6) is 11.5 Å². The molecule has 1 atom stereocenters. The molecule has 1 saturated carbocycles. The Balaban J connectivity index is 2.19. The molecule has 1 fully saturated rings. The van der Waals surface area contributed by atoms with Crippen molar-refractivity contribution in [2.24, 2.45) is 0 Å². The molecule has 98 valence electrons. The lowest BCUT2D eigenvalue weighted by Gasteiger charge is -2.27. The van der Waals surface area contributed by atoms with Crippen LogP contribution in [-0.4, -0.2) is 29.4 Å². The molecule has 1 aromatic rings. The largest absolute Gasteiger partial charge is 0.493 e. The van der Waals surface area contributed by atoms with Gasteiger partial charge in [0.05, 0.1) is 13.2 Å². The van der Waals surface area contributed by atoms with Gasteiger partial charge >= 0.3 is 5.97 Å². The Morgan fingerprint density at radius 2 is 2.11 bits per heavy atom.